The zero-order chi connectivity index (χ0) is 31.9. The third kappa shape index (κ3) is 8.53. The Bertz CT molecular complexity index is 1550. The first-order chi connectivity index (χ1) is 20.8. The Labute approximate surface area is 249 Å². The first-order valence-electron chi connectivity index (χ1n) is 13.6. The Hall–Kier alpha value is -4.52. The molecule has 44 heavy (non-hydrogen) atoms. The smallest absolute Gasteiger partial charge is 0.383 e. The van der Waals surface area contributed by atoms with Gasteiger partial charge in [0.15, 0.2) is 0 Å². The molecule has 0 fully saturated rings. The highest BCUT2D eigenvalue weighted by atomic mass is 19.4. The van der Waals surface area contributed by atoms with E-state index in [-0.39, 0.29) is 31.9 Å². The standard InChI is InChI=1S/C31H30F6N4O3/c1-44-17-16-41(29(43)39-25-12-10-24(11-13-25)31(35,36)37)20-28(42)40(19-21-6-8-23(9-7-21)30(32,33)34)15-14-22-18-38-27-5-3-2-4-26(22)27/h2-13,18,38H,14-17,19-20H2,1H3,(H,39,43). The van der Waals surface area contributed by atoms with Crippen LogP contribution in [0, 0.1) is 0 Å². The van der Waals surface area contributed by atoms with Crippen LogP contribution in [-0.4, -0.2) is 60.1 Å². The summed E-state index contributed by atoms with van der Waals surface area (Å²) in [6.45, 7) is -0.171. The number of methoxy groups -OCH3 is 1. The normalized spacial score (nSPS) is 11.9. The van der Waals surface area contributed by atoms with E-state index in [1.165, 1.54) is 24.1 Å². The van der Waals surface area contributed by atoms with E-state index >= 15 is 0 Å². The molecule has 0 bridgehead atoms. The minimum absolute atomic E-state index is 0.00865. The lowest BCUT2D eigenvalue weighted by Crippen LogP contribution is -2.46. The van der Waals surface area contributed by atoms with Crippen molar-refractivity contribution in [3.8, 4) is 0 Å². The van der Waals surface area contributed by atoms with Gasteiger partial charge < -0.3 is 24.8 Å². The van der Waals surface area contributed by atoms with Crippen LogP contribution >= 0.6 is 0 Å². The summed E-state index contributed by atoms with van der Waals surface area (Å²) in [5.74, 6) is -0.483. The molecule has 0 aliphatic rings. The van der Waals surface area contributed by atoms with Gasteiger partial charge in [-0.05, 0) is 60.0 Å². The predicted octanol–water partition coefficient (Wildman–Crippen LogP) is 6.96. The number of benzene rings is 3. The van der Waals surface area contributed by atoms with Crippen LogP contribution < -0.4 is 5.32 Å². The van der Waals surface area contributed by atoms with Gasteiger partial charge in [-0.15, -0.1) is 0 Å². The summed E-state index contributed by atoms with van der Waals surface area (Å²) in [5, 5.41) is 3.47. The summed E-state index contributed by atoms with van der Waals surface area (Å²) in [6.07, 6.45) is -6.80. The summed E-state index contributed by atoms with van der Waals surface area (Å²) in [6, 6.07) is 15.2. The van der Waals surface area contributed by atoms with Crippen molar-refractivity contribution >= 4 is 28.5 Å². The van der Waals surface area contributed by atoms with Crippen molar-refractivity contribution in [1.29, 1.82) is 0 Å². The van der Waals surface area contributed by atoms with Crippen LogP contribution in [0.5, 0.6) is 0 Å². The van der Waals surface area contributed by atoms with Gasteiger partial charge in [-0.25, -0.2) is 4.79 Å². The fourth-order valence-corrected chi connectivity index (χ4v) is 4.57. The number of amides is 3. The van der Waals surface area contributed by atoms with Crippen LogP contribution in [-0.2, 0) is 34.8 Å². The van der Waals surface area contributed by atoms with Gasteiger partial charge in [-0.2, -0.15) is 26.3 Å². The van der Waals surface area contributed by atoms with Crippen LogP contribution in [0.25, 0.3) is 10.9 Å². The molecule has 3 amide bonds. The van der Waals surface area contributed by atoms with Crippen LogP contribution in [0.1, 0.15) is 22.3 Å². The maximum Gasteiger partial charge on any atom is 0.416 e. The van der Waals surface area contributed by atoms with Crippen molar-refractivity contribution in [2.45, 2.75) is 25.3 Å². The number of aromatic nitrogens is 1. The molecular formula is C31H30F6N4O3. The average Bonchev–Trinajstić information content (AvgIpc) is 3.40. The minimum Gasteiger partial charge on any atom is -0.383 e. The van der Waals surface area contributed by atoms with Gasteiger partial charge in [0.1, 0.15) is 6.54 Å². The summed E-state index contributed by atoms with van der Waals surface area (Å²) in [7, 11) is 1.41. The van der Waals surface area contributed by atoms with E-state index in [0.717, 1.165) is 57.8 Å². The number of hydrogen-bond donors (Lipinski definition) is 2. The topological polar surface area (TPSA) is 77.7 Å². The lowest BCUT2D eigenvalue weighted by atomic mass is 10.1. The van der Waals surface area contributed by atoms with Crippen LogP contribution in [0.3, 0.4) is 0 Å². The van der Waals surface area contributed by atoms with Crippen LogP contribution in [0.15, 0.2) is 79.0 Å². The fraction of sp³-hybridized carbons (Fsp3) is 0.290. The molecular weight excluding hydrogens is 590 g/mol. The number of nitrogens with zero attached hydrogens (tertiary/aromatic N) is 2. The van der Waals surface area contributed by atoms with Crippen molar-refractivity contribution in [1.82, 2.24) is 14.8 Å². The first kappa shape index (κ1) is 32.4. The van der Waals surface area contributed by atoms with Crippen molar-refractivity contribution in [3.05, 3.63) is 101 Å². The van der Waals surface area contributed by atoms with Crippen molar-refractivity contribution in [2.75, 3.05) is 38.7 Å². The van der Waals surface area contributed by atoms with Gasteiger partial charge in [-0.1, -0.05) is 30.3 Å². The van der Waals surface area contributed by atoms with Crippen LogP contribution in [0.4, 0.5) is 36.8 Å². The fourth-order valence-electron chi connectivity index (χ4n) is 4.57. The van der Waals surface area contributed by atoms with E-state index in [2.05, 4.69) is 10.3 Å². The third-order valence-corrected chi connectivity index (χ3v) is 6.98. The van der Waals surface area contributed by atoms with E-state index in [4.69, 9.17) is 4.74 Å². The average molecular weight is 621 g/mol. The lowest BCUT2D eigenvalue weighted by Gasteiger charge is -2.28. The molecule has 0 atom stereocenters. The number of hydrogen-bond acceptors (Lipinski definition) is 3. The maximum absolute atomic E-state index is 13.6. The van der Waals surface area contributed by atoms with Gasteiger partial charge >= 0.3 is 18.4 Å². The van der Waals surface area contributed by atoms with Gasteiger partial charge in [-0.3, -0.25) is 4.79 Å². The number of ether oxygens (including phenoxy) is 1. The first-order valence-corrected chi connectivity index (χ1v) is 13.6. The Kier molecular flexibility index (Phi) is 10.2. The summed E-state index contributed by atoms with van der Waals surface area (Å²) >= 11 is 0. The SMILES string of the molecule is COCCN(CC(=O)N(CCc1c[nH]c2ccccc12)Cc1ccc(C(F)(F)F)cc1)C(=O)Nc1ccc(C(F)(F)F)cc1. The van der Waals surface area contributed by atoms with Gasteiger partial charge in [0.2, 0.25) is 5.91 Å². The van der Waals surface area contributed by atoms with Crippen LogP contribution in [0.2, 0.25) is 0 Å². The molecule has 0 radical (unpaired) electrons. The largest absolute Gasteiger partial charge is 0.416 e. The highest BCUT2D eigenvalue weighted by Crippen LogP contribution is 2.30. The third-order valence-electron chi connectivity index (χ3n) is 6.98. The lowest BCUT2D eigenvalue weighted by molar-refractivity contribution is -0.138. The number of aromatic amines is 1. The molecule has 13 heteroatoms. The van der Waals surface area contributed by atoms with Crippen molar-refractivity contribution < 1.29 is 40.7 Å². The molecule has 1 heterocycles. The molecule has 0 aliphatic heterocycles. The molecule has 0 saturated heterocycles. The number of para-hydroxylation sites is 1. The molecule has 0 aliphatic carbocycles. The van der Waals surface area contributed by atoms with E-state index in [1.54, 1.807) is 0 Å². The van der Waals surface area contributed by atoms with E-state index in [0.29, 0.717) is 12.0 Å². The second kappa shape index (κ2) is 13.8. The molecule has 234 valence electrons. The molecule has 1 aromatic heterocycles. The second-order valence-electron chi connectivity index (χ2n) is 10.0. The molecule has 2 N–H and O–H groups in total. The second-order valence-corrected chi connectivity index (χ2v) is 10.0. The number of alkyl halides is 6. The number of carbonyl (C=O) groups is 2. The quantitative estimate of drug-likeness (QED) is 0.178. The number of carbonyl (C=O) groups excluding carboxylic acids is 2. The van der Waals surface area contributed by atoms with Crippen molar-refractivity contribution in [3.63, 3.8) is 0 Å². The highest BCUT2D eigenvalue weighted by Gasteiger charge is 2.31. The zero-order valence-electron chi connectivity index (χ0n) is 23.6. The molecule has 4 aromatic rings. The molecule has 7 nitrogen and oxygen atoms in total. The minimum atomic E-state index is -4.54. The number of rotatable bonds is 11. The van der Waals surface area contributed by atoms with Gasteiger partial charge in [0.05, 0.1) is 17.7 Å². The Morgan fingerprint density at radius 3 is 2.05 bits per heavy atom. The van der Waals surface area contributed by atoms with Gasteiger partial charge in [0, 0.05) is 49.5 Å². The monoisotopic (exact) mass is 620 g/mol. The number of fused-ring (bicyclic) bond motifs is 1. The molecule has 0 saturated carbocycles. The van der Waals surface area contributed by atoms with E-state index in [9.17, 15) is 35.9 Å². The Morgan fingerprint density at radius 2 is 1.43 bits per heavy atom. The number of nitrogens with one attached hydrogen (secondary N) is 2. The number of H-pyrrole nitrogens is 1. The number of halogens is 6. The number of urea groups is 1. The van der Waals surface area contributed by atoms with E-state index < -0.39 is 42.0 Å². The zero-order valence-corrected chi connectivity index (χ0v) is 23.6. The van der Waals surface area contributed by atoms with Crippen molar-refractivity contribution in [2.24, 2.45) is 0 Å². The number of anilines is 1. The molecule has 4 rings (SSSR count). The predicted molar refractivity (Wildman–Crippen MR) is 153 cm³/mol. The Balaban J connectivity index is 1.52. The van der Waals surface area contributed by atoms with Gasteiger partial charge in [0.25, 0.3) is 0 Å². The maximum atomic E-state index is 13.6. The summed E-state index contributed by atoms with van der Waals surface area (Å²) in [5.41, 5.74) is 0.706. The summed E-state index contributed by atoms with van der Waals surface area (Å²) in [4.78, 5) is 32.5. The van der Waals surface area contributed by atoms with E-state index in [1.807, 2.05) is 30.5 Å². The molecule has 0 spiro atoms. The molecule has 3 aromatic carbocycles. The Morgan fingerprint density at radius 1 is 0.818 bits per heavy atom. The summed E-state index contributed by atoms with van der Waals surface area (Å²) < 4.78 is 83.1. The molecule has 0 unspecified atom stereocenters. The highest BCUT2D eigenvalue weighted by molar-refractivity contribution is 5.92.